The maximum atomic E-state index is 13.8. The fourth-order valence-electron chi connectivity index (χ4n) is 5.20. The molecule has 0 aliphatic carbocycles. The van der Waals surface area contributed by atoms with E-state index in [-0.39, 0.29) is 30.0 Å². The van der Waals surface area contributed by atoms with E-state index in [4.69, 9.17) is 9.47 Å². The maximum absolute atomic E-state index is 13.8. The summed E-state index contributed by atoms with van der Waals surface area (Å²) < 4.78 is 10.7. The van der Waals surface area contributed by atoms with Crippen LogP contribution >= 0.6 is 0 Å². The molecule has 8 nitrogen and oxygen atoms in total. The van der Waals surface area contributed by atoms with E-state index in [1.807, 2.05) is 39.0 Å². The summed E-state index contributed by atoms with van der Waals surface area (Å²) >= 11 is 0. The summed E-state index contributed by atoms with van der Waals surface area (Å²) in [6.07, 6.45) is 1.59. The van der Waals surface area contributed by atoms with Crippen LogP contribution in [0, 0.1) is 5.92 Å². The number of carbonyl (C=O) groups excluding carboxylic acids is 3. The average molecular weight is 488 g/mol. The average Bonchev–Trinajstić information content (AvgIpc) is 3.07. The highest BCUT2D eigenvalue weighted by molar-refractivity contribution is 5.88. The molecule has 2 fully saturated rings. The number of hydrogen-bond donors (Lipinski definition) is 0. The number of nitrogens with zero attached hydrogens (tertiary/aromatic N) is 3. The zero-order valence-corrected chi connectivity index (χ0v) is 22.2. The van der Waals surface area contributed by atoms with E-state index < -0.39 is 23.7 Å². The monoisotopic (exact) mass is 487 g/mol. The second-order valence-corrected chi connectivity index (χ2v) is 11.1. The number of esters is 1. The number of hydrogen-bond acceptors (Lipinski definition) is 6. The predicted octanol–water partition coefficient (Wildman–Crippen LogP) is 3.69. The Bertz CT molecular complexity index is 898. The first-order chi connectivity index (χ1) is 16.4. The van der Waals surface area contributed by atoms with Crippen LogP contribution in [0.4, 0.5) is 4.79 Å². The van der Waals surface area contributed by atoms with Crippen LogP contribution in [-0.2, 0) is 25.5 Å². The van der Waals surface area contributed by atoms with Gasteiger partial charge in [0.05, 0.1) is 25.9 Å². The van der Waals surface area contributed by atoms with Crippen LogP contribution in [0.5, 0.6) is 0 Å². The van der Waals surface area contributed by atoms with Crippen LogP contribution in [0.25, 0.3) is 0 Å². The molecule has 35 heavy (non-hydrogen) atoms. The molecule has 0 saturated carbocycles. The predicted molar refractivity (Wildman–Crippen MR) is 134 cm³/mol. The van der Waals surface area contributed by atoms with Gasteiger partial charge in [-0.15, -0.1) is 0 Å². The number of carbonyl (C=O) groups is 3. The van der Waals surface area contributed by atoms with Crippen LogP contribution in [0.3, 0.4) is 0 Å². The van der Waals surface area contributed by atoms with Crippen LogP contribution in [-0.4, -0.2) is 82.8 Å². The first-order valence-electron chi connectivity index (χ1n) is 12.6. The minimum Gasteiger partial charge on any atom is -0.467 e. The zero-order valence-electron chi connectivity index (χ0n) is 22.2. The molecule has 1 aromatic rings. The van der Waals surface area contributed by atoms with E-state index in [0.29, 0.717) is 32.5 Å². The summed E-state index contributed by atoms with van der Waals surface area (Å²) in [7, 11) is 1.35. The second-order valence-electron chi connectivity index (χ2n) is 11.1. The molecule has 2 aliphatic heterocycles. The Morgan fingerprint density at radius 2 is 1.77 bits per heavy atom. The Hall–Kier alpha value is -2.61. The topological polar surface area (TPSA) is 79.4 Å². The Kier molecular flexibility index (Phi) is 8.46. The Morgan fingerprint density at radius 3 is 2.34 bits per heavy atom. The normalized spacial score (nSPS) is 24.2. The highest BCUT2D eigenvalue weighted by Crippen LogP contribution is 2.34. The third-order valence-electron chi connectivity index (χ3n) is 6.84. The lowest BCUT2D eigenvalue weighted by Gasteiger charge is -2.33. The summed E-state index contributed by atoms with van der Waals surface area (Å²) in [6.45, 7) is 12.2. The number of rotatable bonds is 6. The molecule has 194 valence electrons. The van der Waals surface area contributed by atoms with E-state index in [2.05, 4.69) is 30.9 Å². The first-order valence-corrected chi connectivity index (χ1v) is 12.6. The molecule has 2 amide bonds. The van der Waals surface area contributed by atoms with Crippen molar-refractivity contribution in [3.63, 3.8) is 0 Å². The molecule has 2 saturated heterocycles. The van der Waals surface area contributed by atoms with Gasteiger partial charge in [0.25, 0.3) is 0 Å². The van der Waals surface area contributed by atoms with Gasteiger partial charge in [0, 0.05) is 12.6 Å². The smallest absolute Gasteiger partial charge is 0.411 e. The van der Waals surface area contributed by atoms with Crippen molar-refractivity contribution in [1.82, 2.24) is 14.7 Å². The lowest BCUT2D eigenvalue weighted by atomic mass is 9.95. The second kappa shape index (κ2) is 11.0. The van der Waals surface area contributed by atoms with Crippen molar-refractivity contribution >= 4 is 18.0 Å². The van der Waals surface area contributed by atoms with Crippen LogP contribution in [0.1, 0.15) is 59.9 Å². The van der Waals surface area contributed by atoms with Gasteiger partial charge in [-0.1, -0.05) is 44.2 Å². The molecule has 0 bridgehead atoms. The quantitative estimate of drug-likeness (QED) is 0.570. The molecule has 8 heteroatoms. The molecule has 0 aromatic heterocycles. The van der Waals surface area contributed by atoms with Gasteiger partial charge in [-0.2, -0.15) is 0 Å². The Labute approximate surface area is 209 Å². The van der Waals surface area contributed by atoms with Crippen molar-refractivity contribution in [2.75, 3.05) is 20.3 Å². The number of amides is 2. The maximum Gasteiger partial charge on any atom is 0.411 e. The summed E-state index contributed by atoms with van der Waals surface area (Å²) in [5, 5.41) is 0. The van der Waals surface area contributed by atoms with Gasteiger partial charge in [-0.3, -0.25) is 14.6 Å². The summed E-state index contributed by atoms with van der Waals surface area (Å²) in [4.78, 5) is 45.1. The van der Waals surface area contributed by atoms with Gasteiger partial charge < -0.3 is 14.4 Å². The third kappa shape index (κ3) is 6.34. The van der Waals surface area contributed by atoms with E-state index in [0.717, 1.165) is 5.56 Å². The fourth-order valence-corrected chi connectivity index (χ4v) is 5.20. The molecule has 1 aromatic carbocycles. The molecule has 3 rings (SSSR count). The first kappa shape index (κ1) is 27.0. The largest absolute Gasteiger partial charge is 0.467 e. The number of benzene rings is 1. The lowest BCUT2D eigenvalue weighted by Crippen LogP contribution is -2.52. The van der Waals surface area contributed by atoms with Gasteiger partial charge in [-0.05, 0) is 58.4 Å². The minimum atomic E-state index is -0.656. The molecule has 2 aliphatic rings. The van der Waals surface area contributed by atoms with Gasteiger partial charge >= 0.3 is 12.1 Å². The van der Waals surface area contributed by atoms with Crippen molar-refractivity contribution < 1.29 is 23.9 Å². The van der Waals surface area contributed by atoms with Gasteiger partial charge in [0.2, 0.25) is 5.91 Å². The molecule has 2 heterocycles. The van der Waals surface area contributed by atoms with E-state index in [1.54, 1.807) is 16.7 Å². The minimum absolute atomic E-state index is 0.0368. The molecule has 0 N–H and O–H groups in total. The number of methoxy groups -OCH3 is 1. The van der Waals surface area contributed by atoms with E-state index in [1.165, 1.54) is 7.11 Å². The van der Waals surface area contributed by atoms with Gasteiger partial charge in [-0.25, -0.2) is 9.59 Å². The van der Waals surface area contributed by atoms with E-state index >= 15 is 0 Å². The molecule has 0 spiro atoms. The van der Waals surface area contributed by atoms with Gasteiger partial charge in [0.1, 0.15) is 11.6 Å². The summed E-state index contributed by atoms with van der Waals surface area (Å²) in [5.41, 5.74) is 0.512. The fraction of sp³-hybridized carbons (Fsp3) is 0.667. The molecule has 0 unspecified atom stereocenters. The number of fused-ring (bicyclic) bond motifs is 1. The number of ether oxygens (including phenoxy) is 2. The molecule has 0 radical (unpaired) electrons. The summed E-state index contributed by atoms with van der Waals surface area (Å²) in [5.74, 6) is -0.232. The van der Waals surface area contributed by atoms with Crippen molar-refractivity contribution in [2.24, 2.45) is 5.92 Å². The molecule has 4 atom stereocenters. The van der Waals surface area contributed by atoms with Crippen LogP contribution in [0.15, 0.2) is 30.3 Å². The highest BCUT2D eigenvalue weighted by Gasteiger charge is 2.51. The van der Waals surface area contributed by atoms with Crippen molar-refractivity contribution in [2.45, 2.75) is 90.6 Å². The van der Waals surface area contributed by atoms with Crippen molar-refractivity contribution in [1.29, 1.82) is 0 Å². The SMILES string of the molecule is COC(=O)[C@H](C)N1CC[C@@H]2[C@H](Cc3ccccc3)N(C(=O)OC(C)(C)C)CN2[C@@H](CC(C)C)C1=O. The lowest BCUT2D eigenvalue weighted by molar-refractivity contribution is -0.153. The van der Waals surface area contributed by atoms with Gasteiger partial charge in [0.15, 0.2) is 0 Å². The Balaban J connectivity index is 1.98. The van der Waals surface area contributed by atoms with Crippen molar-refractivity contribution in [3.05, 3.63) is 35.9 Å². The van der Waals surface area contributed by atoms with E-state index in [9.17, 15) is 14.4 Å². The molecular weight excluding hydrogens is 446 g/mol. The zero-order chi connectivity index (χ0) is 25.9. The third-order valence-corrected chi connectivity index (χ3v) is 6.84. The summed E-state index contributed by atoms with van der Waals surface area (Å²) in [6, 6.07) is 8.83. The molecular formula is C27H41N3O5. The van der Waals surface area contributed by atoms with Crippen LogP contribution < -0.4 is 0 Å². The van der Waals surface area contributed by atoms with Crippen molar-refractivity contribution in [3.8, 4) is 0 Å². The highest BCUT2D eigenvalue weighted by atomic mass is 16.6. The Morgan fingerprint density at radius 1 is 1.11 bits per heavy atom. The standard InChI is InChI=1S/C27H41N3O5/c1-18(2)15-23-24(31)28(19(3)25(32)34-7)14-13-21-22(16-20-11-9-8-10-12-20)30(17-29(21)23)26(33)35-27(4,5)6/h8-12,18-19,21-23H,13-17H2,1-7H3/t19-,21+,22-,23-/m0/s1. The van der Waals surface area contributed by atoms with Crippen LogP contribution in [0.2, 0.25) is 0 Å².